The number of nitrogens with one attached hydrogen (secondary N) is 1. The summed E-state index contributed by atoms with van der Waals surface area (Å²) in [6.07, 6.45) is 6.21. The number of carbonyl (C=O) groups excluding carboxylic acids is 3. The van der Waals surface area contributed by atoms with Gasteiger partial charge in [-0.1, -0.05) is 36.4 Å². The highest BCUT2D eigenvalue weighted by Crippen LogP contribution is 2.48. The normalized spacial score (nSPS) is 19.7. The van der Waals surface area contributed by atoms with Gasteiger partial charge in [-0.15, -0.1) is 0 Å². The summed E-state index contributed by atoms with van der Waals surface area (Å²) in [5, 5.41) is 7.77. The Morgan fingerprint density at radius 1 is 1.05 bits per heavy atom. The van der Waals surface area contributed by atoms with E-state index in [4.69, 9.17) is 0 Å². The number of aryl methyl sites for hydroxylation is 1. The van der Waals surface area contributed by atoms with Crippen molar-refractivity contribution in [3.05, 3.63) is 83.8 Å². The van der Waals surface area contributed by atoms with E-state index in [2.05, 4.69) is 20.4 Å². The Balaban J connectivity index is 1.20. The number of ketones is 1. The van der Waals surface area contributed by atoms with E-state index >= 15 is 0 Å². The summed E-state index contributed by atoms with van der Waals surface area (Å²) < 4.78 is 16.0. The number of amides is 2. The van der Waals surface area contributed by atoms with Crippen LogP contribution in [0.3, 0.4) is 0 Å². The minimum absolute atomic E-state index is 0.00907. The van der Waals surface area contributed by atoms with Gasteiger partial charge in [-0.05, 0) is 55.0 Å². The van der Waals surface area contributed by atoms with Crippen molar-refractivity contribution in [3.63, 3.8) is 0 Å². The summed E-state index contributed by atoms with van der Waals surface area (Å²) in [4.78, 5) is 49.2. The SMILES string of the molecule is CC(=O)c1nn(CC(=O)N2[C@@H]3C[C@@H]3C[C@H]2C(=O)NCC(F)=Cc2ccccc2)c2ccc(-c3cnc(C)nc3)cc12. The summed E-state index contributed by atoms with van der Waals surface area (Å²) in [7, 11) is 0. The molecule has 6 rings (SSSR count). The Morgan fingerprint density at radius 3 is 2.54 bits per heavy atom. The first-order valence-electron chi connectivity index (χ1n) is 13.6. The van der Waals surface area contributed by atoms with Crippen molar-refractivity contribution in [2.45, 2.75) is 45.3 Å². The maximum Gasteiger partial charge on any atom is 0.245 e. The second kappa shape index (κ2) is 10.7. The van der Waals surface area contributed by atoms with Gasteiger partial charge in [0.2, 0.25) is 11.8 Å². The first-order valence-corrected chi connectivity index (χ1v) is 13.6. The molecule has 3 heterocycles. The Labute approximate surface area is 236 Å². The third kappa shape index (κ3) is 5.37. The van der Waals surface area contributed by atoms with Gasteiger partial charge in [-0.3, -0.25) is 19.1 Å². The van der Waals surface area contributed by atoms with Gasteiger partial charge in [0.15, 0.2) is 5.78 Å². The number of nitrogens with zero attached hydrogens (tertiary/aromatic N) is 5. The molecule has 10 heteroatoms. The largest absolute Gasteiger partial charge is 0.348 e. The Bertz CT molecular complexity index is 1680. The highest BCUT2D eigenvalue weighted by Gasteiger charge is 2.56. The van der Waals surface area contributed by atoms with Crippen molar-refractivity contribution in [2.75, 3.05) is 6.54 Å². The van der Waals surface area contributed by atoms with E-state index in [9.17, 15) is 18.8 Å². The average Bonchev–Trinajstić information content (AvgIpc) is 3.47. The zero-order valence-electron chi connectivity index (χ0n) is 22.8. The van der Waals surface area contributed by atoms with Crippen LogP contribution in [0.1, 0.15) is 41.6 Å². The number of carbonyl (C=O) groups is 3. The van der Waals surface area contributed by atoms with Crippen molar-refractivity contribution in [2.24, 2.45) is 5.92 Å². The molecule has 2 aromatic carbocycles. The van der Waals surface area contributed by atoms with E-state index in [1.54, 1.807) is 29.4 Å². The number of hydrogen-bond acceptors (Lipinski definition) is 6. The van der Waals surface area contributed by atoms with E-state index in [1.807, 2.05) is 43.3 Å². The monoisotopic (exact) mass is 552 g/mol. The quantitative estimate of drug-likeness (QED) is 0.330. The molecule has 2 fully saturated rings. The number of likely N-dealkylation sites (tertiary alicyclic amines) is 1. The van der Waals surface area contributed by atoms with Crippen LogP contribution in [0.15, 0.2) is 66.8 Å². The zero-order valence-corrected chi connectivity index (χ0v) is 22.8. The molecule has 1 saturated carbocycles. The van der Waals surface area contributed by atoms with E-state index in [1.165, 1.54) is 17.7 Å². The lowest BCUT2D eigenvalue weighted by atomic mass is 10.0. The molecule has 0 spiro atoms. The zero-order chi connectivity index (χ0) is 28.7. The van der Waals surface area contributed by atoms with Crippen LogP contribution < -0.4 is 5.32 Å². The Hall–Kier alpha value is -4.73. The molecule has 2 amide bonds. The van der Waals surface area contributed by atoms with Crippen LogP contribution in [0.2, 0.25) is 0 Å². The van der Waals surface area contributed by atoms with Crippen LogP contribution in [0.4, 0.5) is 4.39 Å². The standard InChI is InChI=1S/C31H29FN6O3/c1-18(39)30-25-11-21(23-14-33-19(2)34-15-23)8-9-26(25)37(36-30)17-29(40)38-27-12-22(27)13-28(38)31(41)35-16-24(32)10-20-6-4-3-5-7-20/h3-11,14-15,22,27-28H,12-13,16-17H2,1-2H3,(H,35,41)/t22-,27-,28+/m1/s1. The highest BCUT2D eigenvalue weighted by molar-refractivity contribution is 6.06. The minimum Gasteiger partial charge on any atom is -0.348 e. The molecule has 9 nitrogen and oxygen atoms in total. The summed E-state index contributed by atoms with van der Waals surface area (Å²) in [5.41, 5.74) is 3.24. The maximum absolute atomic E-state index is 14.5. The maximum atomic E-state index is 14.5. The third-order valence-electron chi connectivity index (χ3n) is 7.73. The number of piperidine rings is 1. The fourth-order valence-electron chi connectivity index (χ4n) is 5.61. The van der Waals surface area contributed by atoms with Crippen molar-refractivity contribution in [3.8, 4) is 11.1 Å². The topological polar surface area (TPSA) is 110 Å². The molecule has 1 N–H and O–H groups in total. The van der Waals surface area contributed by atoms with Gasteiger partial charge >= 0.3 is 0 Å². The molecule has 0 unspecified atom stereocenters. The molecule has 3 atom stereocenters. The molecule has 0 bridgehead atoms. The van der Waals surface area contributed by atoms with Gasteiger partial charge in [0.1, 0.15) is 29.9 Å². The molecule has 208 valence electrons. The van der Waals surface area contributed by atoms with E-state index in [-0.39, 0.29) is 48.3 Å². The number of halogens is 1. The number of hydrogen-bond donors (Lipinski definition) is 1. The first-order chi connectivity index (χ1) is 19.8. The second-order valence-corrected chi connectivity index (χ2v) is 10.6. The lowest BCUT2D eigenvalue weighted by molar-refractivity contribution is -0.140. The number of fused-ring (bicyclic) bond motifs is 2. The first kappa shape index (κ1) is 26.5. The summed E-state index contributed by atoms with van der Waals surface area (Å²) >= 11 is 0. The van der Waals surface area contributed by atoms with Crippen molar-refractivity contribution in [1.82, 2.24) is 30.0 Å². The molecule has 1 aliphatic heterocycles. The summed E-state index contributed by atoms with van der Waals surface area (Å²) in [6, 6.07) is 13.9. The molecule has 0 radical (unpaired) electrons. The predicted octanol–water partition coefficient (Wildman–Crippen LogP) is 4.12. The second-order valence-electron chi connectivity index (χ2n) is 10.6. The molecule has 2 aromatic heterocycles. The van der Waals surface area contributed by atoms with Crippen LogP contribution >= 0.6 is 0 Å². The smallest absolute Gasteiger partial charge is 0.245 e. The number of aromatic nitrogens is 4. The van der Waals surface area contributed by atoms with Gasteiger partial charge < -0.3 is 10.2 Å². The fourth-order valence-corrected chi connectivity index (χ4v) is 5.61. The molecule has 4 aromatic rings. The summed E-state index contributed by atoms with van der Waals surface area (Å²) in [6.45, 7) is 2.88. The van der Waals surface area contributed by atoms with E-state index in [0.29, 0.717) is 28.7 Å². The third-order valence-corrected chi connectivity index (χ3v) is 7.73. The lowest BCUT2D eigenvalue weighted by Crippen LogP contribution is -2.49. The average molecular weight is 553 g/mol. The van der Waals surface area contributed by atoms with Crippen molar-refractivity contribution >= 4 is 34.6 Å². The number of rotatable bonds is 8. The molecule has 41 heavy (non-hydrogen) atoms. The van der Waals surface area contributed by atoms with Crippen molar-refractivity contribution in [1.29, 1.82) is 0 Å². The lowest BCUT2D eigenvalue weighted by Gasteiger charge is -2.27. The number of benzene rings is 2. The van der Waals surface area contributed by atoms with Gasteiger partial charge in [-0.2, -0.15) is 5.10 Å². The number of Topliss-reactive ketones (excluding diaryl/α,β-unsaturated/α-hetero) is 1. The molecule has 1 aliphatic carbocycles. The molecule has 1 saturated heterocycles. The van der Waals surface area contributed by atoms with Crippen molar-refractivity contribution < 1.29 is 18.8 Å². The molecule has 2 aliphatic rings. The van der Waals surface area contributed by atoms with Gasteiger partial charge in [0.25, 0.3) is 0 Å². The fraction of sp³-hybridized carbons (Fsp3) is 0.290. The highest BCUT2D eigenvalue weighted by atomic mass is 19.1. The van der Waals surface area contributed by atoms with Gasteiger partial charge in [0, 0.05) is 36.3 Å². The predicted molar refractivity (Wildman–Crippen MR) is 151 cm³/mol. The van der Waals surface area contributed by atoms with Crippen LogP contribution in [0.5, 0.6) is 0 Å². The van der Waals surface area contributed by atoms with E-state index in [0.717, 1.165) is 17.5 Å². The van der Waals surface area contributed by atoms with Gasteiger partial charge in [0.05, 0.1) is 12.1 Å². The van der Waals surface area contributed by atoms with E-state index < -0.39 is 11.9 Å². The Morgan fingerprint density at radius 2 is 1.80 bits per heavy atom. The van der Waals surface area contributed by atoms with Gasteiger partial charge in [-0.25, -0.2) is 14.4 Å². The van der Waals surface area contributed by atoms with Crippen LogP contribution in [0, 0.1) is 12.8 Å². The minimum atomic E-state index is -0.669. The molecular weight excluding hydrogens is 523 g/mol. The Kier molecular flexibility index (Phi) is 6.90. The van der Waals surface area contributed by atoms with Crippen LogP contribution in [0.25, 0.3) is 28.1 Å². The van der Waals surface area contributed by atoms with Crippen LogP contribution in [-0.4, -0.2) is 60.9 Å². The molecular formula is C31H29FN6O3. The van der Waals surface area contributed by atoms with Crippen LogP contribution in [-0.2, 0) is 16.1 Å². The summed E-state index contributed by atoms with van der Waals surface area (Å²) in [5.74, 6) is -0.397.